The fourth-order valence-corrected chi connectivity index (χ4v) is 4.13. The summed E-state index contributed by atoms with van der Waals surface area (Å²) in [5.74, 6) is -0.0482. The highest BCUT2D eigenvalue weighted by Crippen LogP contribution is 2.39. The van der Waals surface area contributed by atoms with Gasteiger partial charge in [-0.2, -0.15) is 0 Å². The highest BCUT2D eigenvalue weighted by atomic mass is 79.9. The molecule has 0 aromatic heterocycles. The Labute approximate surface area is 193 Å². The van der Waals surface area contributed by atoms with Gasteiger partial charge >= 0.3 is 11.9 Å². The van der Waals surface area contributed by atoms with Crippen LogP contribution in [0.4, 0.5) is 0 Å². The molecule has 30 heavy (non-hydrogen) atoms. The molecule has 0 aliphatic rings. The first kappa shape index (κ1) is 24.4. The van der Waals surface area contributed by atoms with Crippen LogP contribution < -0.4 is 10.5 Å². The van der Waals surface area contributed by atoms with E-state index in [2.05, 4.69) is 31.9 Å². The first-order valence-electron chi connectivity index (χ1n) is 9.51. The number of carbonyl (C=O) groups is 2. The number of hydrogen-bond donors (Lipinski definition) is 2. The Morgan fingerprint density at radius 1 is 1.07 bits per heavy atom. The quantitative estimate of drug-likeness (QED) is 0.334. The normalized spacial score (nSPS) is 12.2. The zero-order valence-corrected chi connectivity index (χ0v) is 20.4. The van der Waals surface area contributed by atoms with E-state index < -0.39 is 18.0 Å². The lowest BCUT2D eigenvalue weighted by Gasteiger charge is -2.15. The van der Waals surface area contributed by atoms with E-state index in [9.17, 15) is 14.7 Å². The van der Waals surface area contributed by atoms with Crippen molar-refractivity contribution in [2.75, 3.05) is 0 Å². The number of phenolic OH excluding ortho intramolecular Hbond substituents is 1. The summed E-state index contributed by atoms with van der Waals surface area (Å²) in [6.45, 7) is 7.80. The Bertz CT molecular complexity index is 920. The summed E-state index contributed by atoms with van der Waals surface area (Å²) in [4.78, 5) is 24.4. The molecule has 2 aromatic carbocycles. The first-order chi connectivity index (χ1) is 14.0. The molecule has 8 heteroatoms. The van der Waals surface area contributed by atoms with Crippen LogP contribution in [0.3, 0.4) is 0 Å². The highest BCUT2D eigenvalue weighted by Gasteiger charge is 2.22. The van der Waals surface area contributed by atoms with E-state index in [0.29, 0.717) is 26.9 Å². The molecule has 1 atom stereocenters. The number of carbonyl (C=O) groups excluding carboxylic acids is 2. The maximum absolute atomic E-state index is 12.4. The van der Waals surface area contributed by atoms with Crippen LogP contribution in [0.15, 0.2) is 39.3 Å². The van der Waals surface area contributed by atoms with Crippen LogP contribution in [0, 0.1) is 5.92 Å². The van der Waals surface area contributed by atoms with Gasteiger partial charge in [0.05, 0.1) is 14.5 Å². The van der Waals surface area contributed by atoms with Crippen molar-refractivity contribution in [1.29, 1.82) is 0 Å². The van der Waals surface area contributed by atoms with Crippen LogP contribution in [0.1, 0.15) is 56.0 Å². The van der Waals surface area contributed by atoms with Crippen molar-refractivity contribution in [2.24, 2.45) is 11.7 Å². The smallest absolute Gasteiger partial charge is 0.345 e. The van der Waals surface area contributed by atoms with E-state index in [4.69, 9.17) is 15.2 Å². The predicted octanol–water partition coefficient (Wildman–Crippen LogP) is 5.89. The van der Waals surface area contributed by atoms with E-state index in [1.165, 1.54) is 12.1 Å². The minimum absolute atomic E-state index is 0.122. The van der Waals surface area contributed by atoms with E-state index >= 15 is 0 Å². The van der Waals surface area contributed by atoms with Crippen molar-refractivity contribution in [2.45, 2.75) is 46.1 Å². The fraction of sp³-hybridized carbons (Fsp3) is 0.364. The molecule has 0 aliphatic heterocycles. The van der Waals surface area contributed by atoms with Crippen molar-refractivity contribution in [3.05, 3.63) is 50.4 Å². The van der Waals surface area contributed by atoms with Crippen LogP contribution in [0.5, 0.6) is 17.2 Å². The number of benzene rings is 2. The van der Waals surface area contributed by atoms with Gasteiger partial charge in [-0.1, -0.05) is 27.7 Å². The monoisotopic (exact) mass is 541 g/mol. The summed E-state index contributed by atoms with van der Waals surface area (Å²) in [5.41, 5.74) is 6.70. The molecule has 3 N–H and O–H groups in total. The average Bonchev–Trinajstić information content (AvgIpc) is 2.64. The third kappa shape index (κ3) is 6.30. The van der Waals surface area contributed by atoms with Crippen molar-refractivity contribution in [3.63, 3.8) is 0 Å². The van der Waals surface area contributed by atoms with Gasteiger partial charge in [0.25, 0.3) is 0 Å². The van der Waals surface area contributed by atoms with Gasteiger partial charge in [-0.25, -0.2) is 9.59 Å². The van der Waals surface area contributed by atoms with Crippen molar-refractivity contribution >= 4 is 43.8 Å². The van der Waals surface area contributed by atoms with E-state index in [1.54, 1.807) is 18.2 Å². The van der Waals surface area contributed by atoms with Crippen LogP contribution in [0.25, 0.3) is 0 Å². The molecule has 0 radical (unpaired) electrons. The Kier molecular flexibility index (Phi) is 8.46. The topological polar surface area (TPSA) is 98.9 Å². The number of nitrogens with two attached hydrogens (primary N) is 1. The van der Waals surface area contributed by atoms with Crippen LogP contribution in [0.2, 0.25) is 0 Å². The number of halogens is 2. The molecule has 2 aromatic rings. The van der Waals surface area contributed by atoms with Crippen LogP contribution >= 0.6 is 31.9 Å². The summed E-state index contributed by atoms with van der Waals surface area (Å²) in [6.07, 6.45) is 0.428. The molecule has 2 rings (SSSR count). The van der Waals surface area contributed by atoms with Gasteiger partial charge in [0.2, 0.25) is 0 Å². The van der Waals surface area contributed by atoms with Crippen LogP contribution in [-0.4, -0.2) is 23.1 Å². The summed E-state index contributed by atoms with van der Waals surface area (Å²) in [6, 6.07) is 7.14. The van der Waals surface area contributed by atoms with Crippen LogP contribution in [-0.2, 0) is 9.53 Å². The van der Waals surface area contributed by atoms with Gasteiger partial charge in [0.1, 0.15) is 17.5 Å². The Balaban J connectivity index is 2.20. The minimum Gasteiger partial charge on any atom is -0.508 e. The molecule has 0 heterocycles. The molecule has 0 amide bonds. The summed E-state index contributed by atoms with van der Waals surface area (Å²) in [7, 11) is 0. The third-order valence-corrected chi connectivity index (χ3v) is 5.47. The lowest BCUT2D eigenvalue weighted by molar-refractivity contribution is -0.139. The van der Waals surface area contributed by atoms with Crippen molar-refractivity contribution in [3.8, 4) is 17.2 Å². The zero-order chi connectivity index (χ0) is 22.6. The molecule has 0 aliphatic carbocycles. The molecule has 0 saturated heterocycles. The molecule has 0 spiro atoms. The molecule has 0 bridgehead atoms. The van der Waals surface area contributed by atoms with Gasteiger partial charge in [-0.3, -0.25) is 0 Å². The molecular weight excluding hydrogens is 518 g/mol. The van der Waals surface area contributed by atoms with Gasteiger partial charge in [-0.05, 0) is 80.4 Å². The Morgan fingerprint density at radius 3 is 2.20 bits per heavy atom. The SMILES string of the molecule is CC(C)C[C@H](N)C(=O)OC(=O)c1cc(Br)c(Oc2ccc(O)c(C(C)C)c2)c(Br)c1. The van der Waals surface area contributed by atoms with Crippen molar-refractivity contribution in [1.82, 2.24) is 0 Å². The molecular formula is C22H25Br2NO5. The van der Waals surface area contributed by atoms with E-state index in [0.717, 1.165) is 5.56 Å². The largest absolute Gasteiger partial charge is 0.508 e. The first-order valence-corrected chi connectivity index (χ1v) is 11.1. The van der Waals surface area contributed by atoms with Crippen molar-refractivity contribution < 1.29 is 24.2 Å². The number of aromatic hydroxyl groups is 1. The maximum atomic E-state index is 12.4. The highest BCUT2D eigenvalue weighted by molar-refractivity contribution is 9.11. The lowest BCUT2D eigenvalue weighted by atomic mass is 10.0. The van der Waals surface area contributed by atoms with Gasteiger partial charge < -0.3 is 20.3 Å². The average molecular weight is 543 g/mol. The number of ether oxygens (including phenoxy) is 2. The van der Waals surface area contributed by atoms with Gasteiger partial charge in [0, 0.05) is 5.56 Å². The molecule has 6 nitrogen and oxygen atoms in total. The summed E-state index contributed by atoms with van der Waals surface area (Å²) >= 11 is 6.78. The van der Waals surface area contributed by atoms with E-state index in [-0.39, 0.29) is 23.1 Å². The lowest BCUT2D eigenvalue weighted by Crippen LogP contribution is -2.35. The van der Waals surface area contributed by atoms with E-state index in [1.807, 2.05) is 27.7 Å². The Morgan fingerprint density at radius 2 is 1.67 bits per heavy atom. The zero-order valence-electron chi connectivity index (χ0n) is 17.2. The number of rotatable bonds is 7. The molecule has 162 valence electrons. The molecule has 0 fully saturated rings. The molecule has 0 unspecified atom stereocenters. The van der Waals surface area contributed by atoms with Gasteiger partial charge in [-0.15, -0.1) is 0 Å². The number of hydrogen-bond acceptors (Lipinski definition) is 6. The summed E-state index contributed by atoms with van der Waals surface area (Å²) in [5, 5.41) is 9.98. The minimum atomic E-state index is -0.854. The fourth-order valence-electron chi connectivity index (χ4n) is 2.78. The second kappa shape index (κ2) is 10.4. The second-order valence-corrected chi connectivity index (χ2v) is 9.40. The predicted molar refractivity (Wildman–Crippen MR) is 122 cm³/mol. The van der Waals surface area contributed by atoms with Gasteiger partial charge in [0.15, 0.2) is 5.75 Å². The summed E-state index contributed by atoms with van der Waals surface area (Å²) < 4.78 is 11.8. The Hall–Kier alpha value is -1.90. The second-order valence-electron chi connectivity index (χ2n) is 7.69. The third-order valence-electron chi connectivity index (χ3n) is 4.30. The molecule has 0 saturated carbocycles. The number of esters is 2. The number of phenols is 1. The standard InChI is InChI=1S/C22H25Br2NO5/c1-11(2)7-18(25)22(28)30-21(27)13-8-16(23)20(17(24)9-13)29-14-5-6-19(26)15(10-14)12(3)4/h5-6,8-12,18,26H,7,25H2,1-4H3/t18-/m0/s1. The maximum Gasteiger partial charge on any atom is 0.345 e.